The number of hydrogen-bond acceptors (Lipinski definition) is 8. The number of nitrogens with zero attached hydrogens (tertiary/aromatic N) is 3. The molecule has 7 N–H and O–H groups in total. The van der Waals surface area contributed by atoms with Crippen LogP contribution in [0, 0.1) is 53.3 Å². The molecule has 73 heavy (non-hydrogen) atoms. The van der Waals surface area contributed by atoms with Gasteiger partial charge in [-0.2, -0.15) is 0 Å². The van der Waals surface area contributed by atoms with Gasteiger partial charge < -0.3 is 41.4 Å². The summed E-state index contributed by atoms with van der Waals surface area (Å²) in [5.74, 6) is 4.99. The van der Waals surface area contributed by atoms with Crippen molar-refractivity contribution in [3.05, 3.63) is 88.3 Å². The maximum Gasteiger partial charge on any atom is 0.315 e. The van der Waals surface area contributed by atoms with Crippen LogP contribution >= 0.6 is 0 Å². The minimum atomic E-state index is -0.539. The van der Waals surface area contributed by atoms with E-state index in [1.165, 1.54) is 59.1 Å². The maximum absolute atomic E-state index is 14.7. The molecule has 13 nitrogen and oxygen atoms in total. The van der Waals surface area contributed by atoms with Gasteiger partial charge in [-0.1, -0.05) is 68.2 Å². The molecule has 6 unspecified atom stereocenters. The van der Waals surface area contributed by atoms with Crippen molar-refractivity contribution in [2.75, 3.05) is 24.7 Å². The van der Waals surface area contributed by atoms with Gasteiger partial charge >= 0.3 is 6.03 Å². The Hall–Kier alpha value is -5.40. The zero-order chi connectivity index (χ0) is 49.8. The fraction of sp³-hybridized carbons (Fsp3) is 0.600. The van der Waals surface area contributed by atoms with Crippen LogP contribution in [0.1, 0.15) is 134 Å². The predicted molar refractivity (Wildman–Crippen MR) is 287 cm³/mol. The third-order valence-corrected chi connectivity index (χ3v) is 21.4. The zero-order valence-electron chi connectivity index (χ0n) is 43.7. The van der Waals surface area contributed by atoms with E-state index < -0.39 is 11.7 Å². The highest BCUT2D eigenvalue weighted by atomic mass is 16.2. The lowest BCUT2D eigenvalue weighted by atomic mass is 9.56. The second-order valence-corrected chi connectivity index (χ2v) is 24.9. The Morgan fingerprint density at radius 3 is 2.36 bits per heavy atom. The molecule has 4 amide bonds. The molecule has 12 aliphatic rings. The molecule has 13 heteroatoms. The number of urea groups is 1. The SMILES string of the molecule is CNC(=O)N[C@@H]1C(=O)N2[C@H](c3nc4ccc(C5=CC6=CC[C@@H]5[C@H]5C[C@H]7CC(c8ccc9c(c8)NC(C)([C@@H]8C[C@@H]%10CCCC%11C(C)[C@H](NC(C)NC)C(=O)N8[C@@H]%11%10)N9)=C(C=C75)CC6)cc4[nH]3)C[C@@H]3CCCC(C1C)[C@@H]32. The lowest BCUT2D eigenvalue weighted by molar-refractivity contribution is -0.149. The van der Waals surface area contributed by atoms with Gasteiger partial charge in [-0.3, -0.25) is 14.9 Å². The normalized spacial score (nSPS) is 39.1. The second-order valence-electron chi connectivity index (χ2n) is 24.9. The summed E-state index contributed by atoms with van der Waals surface area (Å²) in [4.78, 5) is 55.0. The quantitative estimate of drug-likeness (QED) is 0.110. The number of carbonyl (C=O) groups excluding carboxylic acids is 3. The molecule has 384 valence electrons. The molecule has 0 spiro atoms. The molecule has 15 rings (SSSR count). The van der Waals surface area contributed by atoms with Crippen molar-refractivity contribution < 1.29 is 14.4 Å². The van der Waals surface area contributed by atoms with Crippen molar-refractivity contribution in [3.8, 4) is 0 Å². The number of imidazole rings is 1. The van der Waals surface area contributed by atoms with Gasteiger partial charge in [0, 0.05) is 19.1 Å². The maximum atomic E-state index is 14.7. The average Bonchev–Trinajstić information content (AvgIpc) is 4.19. The molecule has 7 aliphatic carbocycles. The topological polar surface area (TPSA) is 159 Å². The minimum Gasteiger partial charge on any atom is -0.360 e. The van der Waals surface area contributed by atoms with Gasteiger partial charge in [-0.25, -0.2) is 9.78 Å². The molecule has 4 bridgehead atoms. The molecule has 6 heterocycles. The number of carbonyl (C=O) groups is 3. The molecule has 1 aromatic heterocycles. The fourth-order valence-corrected chi connectivity index (χ4v) is 17.7. The Bertz CT molecular complexity index is 2950. The first-order valence-electron chi connectivity index (χ1n) is 28.5. The van der Waals surface area contributed by atoms with Gasteiger partial charge in [0.25, 0.3) is 0 Å². The number of anilines is 2. The number of piperidine rings is 2. The molecule has 2 aromatic carbocycles. The van der Waals surface area contributed by atoms with E-state index in [4.69, 9.17) is 4.98 Å². The summed E-state index contributed by atoms with van der Waals surface area (Å²) in [5, 5.41) is 20.7. The number of H-pyrrole nitrogens is 1. The van der Waals surface area contributed by atoms with Crippen LogP contribution in [0.15, 0.2) is 71.3 Å². The molecule has 0 radical (unpaired) electrons. The molecule has 5 aliphatic heterocycles. The first-order valence-corrected chi connectivity index (χ1v) is 28.5. The summed E-state index contributed by atoms with van der Waals surface area (Å²) in [6.45, 7) is 8.89. The summed E-state index contributed by atoms with van der Waals surface area (Å²) >= 11 is 0. The highest BCUT2D eigenvalue weighted by molar-refractivity contribution is 5.90. The second kappa shape index (κ2) is 17.1. The highest BCUT2D eigenvalue weighted by Gasteiger charge is 2.61. The summed E-state index contributed by atoms with van der Waals surface area (Å²) in [7, 11) is 3.57. The molecular weight excluding hydrogens is 909 g/mol. The van der Waals surface area contributed by atoms with Gasteiger partial charge in [-0.05, 0) is 197 Å². The number of hydrogen-bond donors (Lipinski definition) is 7. The number of aromatic nitrogens is 2. The van der Waals surface area contributed by atoms with Crippen LogP contribution in [0.4, 0.5) is 16.2 Å². The Morgan fingerprint density at radius 2 is 1.56 bits per heavy atom. The molecule has 3 aromatic rings. The third-order valence-electron chi connectivity index (χ3n) is 21.4. The predicted octanol–water partition coefficient (Wildman–Crippen LogP) is 9.22. The number of amides is 4. The third kappa shape index (κ3) is 7.05. The van der Waals surface area contributed by atoms with Gasteiger partial charge in [0.2, 0.25) is 11.8 Å². The van der Waals surface area contributed by atoms with Crippen LogP contribution in [0.3, 0.4) is 0 Å². The van der Waals surface area contributed by atoms with Crippen LogP contribution in [-0.2, 0) is 9.59 Å². The van der Waals surface area contributed by atoms with Gasteiger partial charge in [0.1, 0.15) is 17.5 Å². The van der Waals surface area contributed by atoms with Crippen molar-refractivity contribution in [2.45, 2.75) is 159 Å². The fourth-order valence-electron chi connectivity index (χ4n) is 17.7. The lowest BCUT2D eigenvalue weighted by Gasteiger charge is -2.52. The molecule has 17 atom stereocenters. The molecule has 4 saturated heterocycles. The molecule has 7 fully saturated rings. The average molecular weight is 985 g/mol. The van der Waals surface area contributed by atoms with E-state index in [0.717, 1.165) is 86.0 Å². The zero-order valence-corrected chi connectivity index (χ0v) is 43.7. The number of fused-ring (bicyclic) bond motifs is 4. The van der Waals surface area contributed by atoms with Crippen molar-refractivity contribution in [1.82, 2.24) is 41.0 Å². The van der Waals surface area contributed by atoms with Crippen molar-refractivity contribution in [1.29, 1.82) is 0 Å². The molecular formula is C60H76N10O3. The Balaban J connectivity index is 0.714. The summed E-state index contributed by atoms with van der Waals surface area (Å²) in [6.07, 6.45) is 22.1. The standard InChI is InChI=1S/C60H76N10O3/c1-29-40-12-8-10-37-28-51(70(55(37)40)58(72)52(29)63-31(3)61-5)60(4)67-47-20-17-34(26-49(47)68-60)42-23-38-24-45-41-18-14-32(13-15-33(42)22-44(38)45)21-43(41)35-16-19-46-48(25-35)65-56(64-46)50-27-36-9-7-11-39-30(2)53(66-59(73)62-6)57(71)69(50)54(36)39/h14,16-17,19-22,25-26,29-31,36-41,45,50-55,61,63,67-68H,7-13,15,18,23-24,27-28H2,1-6H3,(H,64,65)(H2,62,66,73)/t29?,30?,31?,36-,37-,38+,39?,40?,41-,45+,50-,51-,52-,53-,54+,55+,60?/m0/s1. The van der Waals surface area contributed by atoms with E-state index >= 15 is 0 Å². The van der Waals surface area contributed by atoms with Crippen LogP contribution in [0.25, 0.3) is 22.2 Å². The van der Waals surface area contributed by atoms with E-state index in [0.29, 0.717) is 53.4 Å². The summed E-state index contributed by atoms with van der Waals surface area (Å²) < 4.78 is 0. The lowest BCUT2D eigenvalue weighted by Crippen LogP contribution is -2.68. The van der Waals surface area contributed by atoms with Gasteiger partial charge in [0.15, 0.2) is 0 Å². The Kier molecular flexibility index (Phi) is 10.8. The number of nitrogens with one attached hydrogen (secondary N) is 7. The van der Waals surface area contributed by atoms with Crippen molar-refractivity contribution in [2.24, 2.45) is 53.3 Å². The monoisotopic (exact) mass is 985 g/mol. The highest BCUT2D eigenvalue weighted by Crippen LogP contribution is 2.59. The smallest absolute Gasteiger partial charge is 0.315 e. The first-order chi connectivity index (χ1) is 35.4. The van der Waals surface area contributed by atoms with Gasteiger partial charge in [-0.15, -0.1) is 0 Å². The van der Waals surface area contributed by atoms with E-state index in [1.54, 1.807) is 12.6 Å². The van der Waals surface area contributed by atoms with E-state index in [1.807, 2.05) is 7.05 Å². The van der Waals surface area contributed by atoms with Crippen LogP contribution in [0.5, 0.6) is 0 Å². The van der Waals surface area contributed by atoms with Crippen molar-refractivity contribution in [3.63, 3.8) is 0 Å². The molecule has 3 saturated carbocycles. The van der Waals surface area contributed by atoms with Crippen LogP contribution in [0.2, 0.25) is 0 Å². The van der Waals surface area contributed by atoms with Crippen LogP contribution < -0.4 is 31.9 Å². The van der Waals surface area contributed by atoms with E-state index in [2.05, 4.69) is 129 Å². The largest absolute Gasteiger partial charge is 0.360 e. The Morgan fingerprint density at radius 1 is 0.822 bits per heavy atom. The van der Waals surface area contributed by atoms with Crippen molar-refractivity contribution >= 4 is 51.4 Å². The first kappa shape index (κ1) is 46.2. The number of allylic oxidation sites excluding steroid dienone is 8. The number of aromatic amines is 1. The van der Waals surface area contributed by atoms with E-state index in [-0.39, 0.29) is 54.1 Å². The minimum absolute atomic E-state index is 0.0298. The summed E-state index contributed by atoms with van der Waals surface area (Å²) in [6, 6.07) is 13.3. The van der Waals surface area contributed by atoms with Gasteiger partial charge in [0.05, 0.1) is 46.7 Å². The van der Waals surface area contributed by atoms with Crippen LogP contribution in [-0.4, -0.2) is 93.7 Å². The number of benzene rings is 2. The van der Waals surface area contributed by atoms with E-state index in [9.17, 15) is 14.4 Å². The summed E-state index contributed by atoms with van der Waals surface area (Å²) in [5.41, 5.74) is 13.9. The number of rotatable bonds is 8. The Labute approximate surface area is 430 Å².